The van der Waals surface area contributed by atoms with Gasteiger partial charge >= 0.3 is 0 Å². The molecule has 0 saturated carbocycles. The van der Waals surface area contributed by atoms with Crippen LogP contribution in [0.5, 0.6) is 0 Å². The number of halogens is 1. The zero-order valence-electron chi connectivity index (χ0n) is 16.0. The summed E-state index contributed by atoms with van der Waals surface area (Å²) in [5.41, 5.74) is 0.316. The van der Waals surface area contributed by atoms with Crippen molar-refractivity contribution in [1.29, 1.82) is 0 Å². The molecule has 1 aromatic heterocycles. The SMILES string of the molecule is COCCCNC(=NCc1nnc(C)n1C)N1CCC2(CCOC2)C1.I. The molecule has 0 aliphatic carbocycles. The Bertz CT molecular complexity index is 600. The average molecular weight is 478 g/mol. The Hall–Kier alpha value is -0.940. The maximum absolute atomic E-state index is 5.65. The second-order valence-electron chi connectivity index (χ2n) is 7.11. The van der Waals surface area contributed by atoms with Crippen LogP contribution in [0.3, 0.4) is 0 Å². The third-order valence-electron chi connectivity index (χ3n) is 5.28. The lowest BCUT2D eigenvalue weighted by Crippen LogP contribution is -2.42. The van der Waals surface area contributed by atoms with Crippen molar-refractivity contribution < 1.29 is 9.47 Å². The molecule has 1 aromatic rings. The number of aliphatic imine (C=N–C) groups is 1. The normalized spacial score (nSPS) is 22.9. The Morgan fingerprint density at radius 2 is 2.23 bits per heavy atom. The highest BCUT2D eigenvalue weighted by molar-refractivity contribution is 14.0. The second-order valence-corrected chi connectivity index (χ2v) is 7.11. The third kappa shape index (κ3) is 5.07. The molecule has 1 atom stereocenters. The van der Waals surface area contributed by atoms with E-state index < -0.39 is 0 Å². The first-order valence-corrected chi connectivity index (χ1v) is 9.08. The fraction of sp³-hybridized carbons (Fsp3) is 0.824. The highest BCUT2D eigenvalue weighted by atomic mass is 127. The summed E-state index contributed by atoms with van der Waals surface area (Å²) < 4.78 is 12.8. The van der Waals surface area contributed by atoms with E-state index in [1.54, 1.807) is 7.11 Å². The van der Waals surface area contributed by atoms with Crippen LogP contribution < -0.4 is 5.32 Å². The number of hydrogen-bond acceptors (Lipinski definition) is 5. The van der Waals surface area contributed by atoms with Gasteiger partial charge in [0.15, 0.2) is 11.8 Å². The summed E-state index contributed by atoms with van der Waals surface area (Å²) in [7, 11) is 3.71. The van der Waals surface area contributed by atoms with E-state index in [0.717, 1.165) is 69.9 Å². The molecule has 0 amide bonds. The molecular formula is C17H31IN6O2. The van der Waals surface area contributed by atoms with Gasteiger partial charge in [0.1, 0.15) is 12.4 Å². The van der Waals surface area contributed by atoms with Crippen LogP contribution in [0, 0.1) is 12.3 Å². The molecule has 9 heteroatoms. The first-order chi connectivity index (χ1) is 12.1. The Morgan fingerprint density at radius 3 is 2.88 bits per heavy atom. The van der Waals surface area contributed by atoms with Crippen LogP contribution in [0.25, 0.3) is 0 Å². The van der Waals surface area contributed by atoms with Crippen LogP contribution in [0.1, 0.15) is 30.9 Å². The first-order valence-electron chi connectivity index (χ1n) is 9.08. The molecular weight excluding hydrogens is 447 g/mol. The number of hydrogen-bond donors (Lipinski definition) is 1. The maximum Gasteiger partial charge on any atom is 0.194 e. The second kappa shape index (κ2) is 9.84. The molecule has 3 rings (SSSR count). The van der Waals surface area contributed by atoms with Gasteiger partial charge in [-0.05, 0) is 26.2 Å². The van der Waals surface area contributed by atoms with Crippen molar-refractivity contribution in [3.63, 3.8) is 0 Å². The van der Waals surface area contributed by atoms with Crippen LogP contribution in [0.4, 0.5) is 0 Å². The molecule has 1 unspecified atom stereocenters. The van der Waals surface area contributed by atoms with Crippen LogP contribution in [-0.4, -0.2) is 72.2 Å². The molecule has 148 valence electrons. The van der Waals surface area contributed by atoms with Crippen molar-refractivity contribution in [3.05, 3.63) is 11.6 Å². The Balaban J connectivity index is 0.00000243. The van der Waals surface area contributed by atoms with Gasteiger partial charge in [0.2, 0.25) is 0 Å². The predicted octanol–water partition coefficient (Wildman–Crippen LogP) is 1.34. The van der Waals surface area contributed by atoms with E-state index in [1.807, 2.05) is 18.5 Å². The van der Waals surface area contributed by atoms with E-state index in [4.69, 9.17) is 14.5 Å². The molecule has 8 nitrogen and oxygen atoms in total. The van der Waals surface area contributed by atoms with E-state index in [0.29, 0.717) is 12.0 Å². The predicted molar refractivity (Wildman–Crippen MR) is 111 cm³/mol. The Labute approximate surface area is 172 Å². The minimum Gasteiger partial charge on any atom is -0.385 e. The fourth-order valence-electron chi connectivity index (χ4n) is 3.51. The van der Waals surface area contributed by atoms with E-state index in [2.05, 4.69) is 20.4 Å². The molecule has 0 bridgehead atoms. The number of guanidine groups is 1. The highest BCUT2D eigenvalue weighted by Gasteiger charge is 2.42. The van der Waals surface area contributed by atoms with Gasteiger partial charge in [-0.3, -0.25) is 0 Å². The molecule has 2 aliphatic rings. The highest BCUT2D eigenvalue weighted by Crippen LogP contribution is 2.38. The molecule has 2 fully saturated rings. The lowest BCUT2D eigenvalue weighted by molar-refractivity contribution is 0.156. The van der Waals surface area contributed by atoms with Crippen molar-refractivity contribution >= 4 is 29.9 Å². The maximum atomic E-state index is 5.65. The van der Waals surface area contributed by atoms with Crippen molar-refractivity contribution in [3.8, 4) is 0 Å². The molecule has 0 radical (unpaired) electrons. The van der Waals surface area contributed by atoms with Crippen LogP contribution >= 0.6 is 24.0 Å². The fourth-order valence-corrected chi connectivity index (χ4v) is 3.51. The van der Waals surface area contributed by atoms with E-state index in [9.17, 15) is 0 Å². The number of aryl methyl sites for hydroxylation is 1. The van der Waals surface area contributed by atoms with Crippen molar-refractivity contribution in [1.82, 2.24) is 25.0 Å². The van der Waals surface area contributed by atoms with E-state index in [-0.39, 0.29) is 24.0 Å². The topological polar surface area (TPSA) is 76.8 Å². The van der Waals surface area contributed by atoms with Gasteiger partial charge < -0.3 is 24.3 Å². The van der Waals surface area contributed by atoms with E-state index >= 15 is 0 Å². The largest absolute Gasteiger partial charge is 0.385 e. The van der Waals surface area contributed by atoms with Gasteiger partial charge in [-0.25, -0.2) is 4.99 Å². The molecule has 26 heavy (non-hydrogen) atoms. The summed E-state index contributed by atoms with van der Waals surface area (Å²) in [5, 5.41) is 11.8. The minimum atomic E-state index is 0. The standard InChI is InChI=1S/C17H30N6O2.HI/c1-14-20-21-15(22(14)2)11-19-16(18-7-4-9-24-3)23-8-5-17(12-23)6-10-25-13-17;/h4-13H2,1-3H3,(H,18,19);1H. The molecule has 2 saturated heterocycles. The molecule has 0 aromatic carbocycles. The average Bonchev–Trinajstić information content (AvgIpc) is 3.32. The third-order valence-corrected chi connectivity index (χ3v) is 5.28. The molecule has 1 N–H and O–H groups in total. The van der Waals surface area contributed by atoms with Gasteiger partial charge in [-0.15, -0.1) is 34.2 Å². The van der Waals surface area contributed by atoms with Crippen molar-refractivity contribution in [2.45, 2.75) is 32.7 Å². The number of ether oxygens (including phenoxy) is 2. The summed E-state index contributed by atoms with van der Waals surface area (Å²) in [6, 6.07) is 0. The minimum absolute atomic E-state index is 0. The number of nitrogens with zero attached hydrogens (tertiary/aromatic N) is 5. The van der Waals surface area contributed by atoms with Crippen LogP contribution in [0.15, 0.2) is 4.99 Å². The number of methoxy groups -OCH3 is 1. The lowest BCUT2D eigenvalue weighted by atomic mass is 9.87. The van der Waals surface area contributed by atoms with Crippen molar-refractivity contribution in [2.75, 3.05) is 46.6 Å². The smallest absolute Gasteiger partial charge is 0.194 e. The van der Waals surface area contributed by atoms with Gasteiger partial charge in [0.25, 0.3) is 0 Å². The van der Waals surface area contributed by atoms with E-state index in [1.165, 1.54) is 6.42 Å². The summed E-state index contributed by atoms with van der Waals surface area (Å²) in [6.07, 6.45) is 3.29. The Morgan fingerprint density at radius 1 is 1.38 bits per heavy atom. The summed E-state index contributed by atoms with van der Waals surface area (Å²) in [6.45, 7) is 7.89. The Kier molecular flexibility index (Phi) is 8.08. The van der Waals surface area contributed by atoms with Crippen LogP contribution in [-0.2, 0) is 23.1 Å². The monoisotopic (exact) mass is 478 g/mol. The number of aromatic nitrogens is 3. The van der Waals surface area contributed by atoms with Gasteiger partial charge in [0, 0.05) is 52.4 Å². The van der Waals surface area contributed by atoms with Crippen molar-refractivity contribution in [2.24, 2.45) is 17.5 Å². The van der Waals surface area contributed by atoms with Gasteiger partial charge in [-0.1, -0.05) is 0 Å². The zero-order valence-corrected chi connectivity index (χ0v) is 18.4. The quantitative estimate of drug-likeness (QED) is 0.288. The summed E-state index contributed by atoms with van der Waals surface area (Å²) in [4.78, 5) is 7.19. The molecule has 1 spiro atoms. The summed E-state index contributed by atoms with van der Waals surface area (Å²) >= 11 is 0. The number of likely N-dealkylation sites (tertiary alicyclic amines) is 1. The van der Waals surface area contributed by atoms with Gasteiger partial charge in [0.05, 0.1) is 6.61 Å². The van der Waals surface area contributed by atoms with Crippen LogP contribution in [0.2, 0.25) is 0 Å². The zero-order chi connectivity index (χ0) is 17.7. The summed E-state index contributed by atoms with van der Waals surface area (Å²) in [5.74, 6) is 2.75. The van der Waals surface area contributed by atoms with Gasteiger partial charge in [-0.2, -0.15) is 0 Å². The number of nitrogens with one attached hydrogen (secondary N) is 1. The molecule has 3 heterocycles. The molecule has 2 aliphatic heterocycles. The first kappa shape index (κ1) is 21.4. The number of rotatable bonds is 6. The lowest BCUT2D eigenvalue weighted by Gasteiger charge is -2.25.